The third-order valence-corrected chi connectivity index (χ3v) is 6.49. The average Bonchev–Trinajstić information content (AvgIpc) is 2.69. The molecule has 0 radical (unpaired) electrons. The molecule has 1 aromatic rings. The van der Waals surface area contributed by atoms with Crippen LogP contribution in [-0.2, 0) is 4.79 Å². The molecule has 2 fully saturated rings. The molecule has 0 aliphatic carbocycles. The van der Waals surface area contributed by atoms with Crippen LogP contribution < -0.4 is 5.32 Å². The van der Waals surface area contributed by atoms with Gasteiger partial charge in [-0.05, 0) is 74.2 Å². The SMILES string of the molecule is CC(CC(=O)N1CCC(C(O)c2ccc(Cl)cc2)CC1)C1CCNCC1.Cl. The van der Waals surface area contributed by atoms with Crippen molar-refractivity contribution in [1.29, 1.82) is 0 Å². The number of halogens is 2. The van der Waals surface area contributed by atoms with Gasteiger partial charge in [0.2, 0.25) is 5.91 Å². The van der Waals surface area contributed by atoms with E-state index in [2.05, 4.69) is 12.2 Å². The highest BCUT2D eigenvalue weighted by Crippen LogP contribution is 2.32. The second kappa shape index (κ2) is 10.7. The maximum Gasteiger partial charge on any atom is 0.222 e. The van der Waals surface area contributed by atoms with Gasteiger partial charge in [-0.2, -0.15) is 0 Å². The maximum absolute atomic E-state index is 12.7. The molecule has 0 bridgehead atoms. The van der Waals surface area contributed by atoms with Crippen LogP contribution in [0.25, 0.3) is 0 Å². The van der Waals surface area contributed by atoms with E-state index >= 15 is 0 Å². The van der Waals surface area contributed by atoms with Crippen LogP contribution in [0.5, 0.6) is 0 Å². The van der Waals surface area contributed by atoms with Crippen molar-refractivity contribution >= 4 is 29.9 Å². The van der Waals surface area contributed by atoms with Crippen LogP contribution in [0.1, 0.15) is 50.7 Å². The number of hydrogen-bond donors (Lipinski definition) is 2. The summed E-state index contributed by atoms with van der Waals surface area (Å²) in [5.74, 6) is 1.63. The van der Waals surface area contributed by atoms with Crippen molar-refractivity contribution in [2.75, 3.05) is 26.2 Å². The summed E-state index contributed by atoms with van der Waals surface area (Å²) in [7, 11) is 0. The highest BCUT2D eigenvalue weighted by Gasteiger charge is 2.30. The Bertz CT molecular complexity index is 582. The van der Waals surface area contributed by atoms with Gasteiger partial charge in [0.15, 0.2) is 0 Å². The number of nitrogens with zero attached hydrogens (tertiary/aromatic N) is 1. The van der Waals surface area contributed by atoms with Gasteiger partial charge in [-0.25, -0.2) is 0 Å². The summed E-state index contributed by atoms with van der Waals surface area (Å²) in [6.07, 6.45) is 4.27. The molecular weight excluding hydrogens is 383 g/mol. The van der Waals surface area contributed by atoms with Crippen LogP contribution in [0.2, 0.25) is 5.02 Å². The van der Waals surface area contributed by atoms with Gasteiger partial charge in [-0.1, -0.05) is 30.7 Å². The third kappa shape index (κ3) is 6.08. The first kappa shape index (κ1) is 22.5. The number of piperidine rings is 2. The Morgan fingerprint density at radius 3 is 2.33 bits per heavy atom. The van der Waals surface area contributed by atoms with Crippen LogP contribution in [-0.4, -0.2) is 42.1 Å². The molecule has 152 valence electrons. The Labute approximate surface area is 174 Å². The van der Waals surface area contributed by atoms with E-state index in [4.69, 9.17) is 11.6 Å². The Morgan fingerprint density at radius 1 is 1.15 bits per heavy atom. The molecule has 27 heavy (non-hydrogen) atoms. The van der Waals surface area contributed by atoms with Gasteiger partial charge in [0.25, 0.3) is 0 Å². The van der Waals surface area contributed by atoms with E-state index in [9.17, 15) is 9.90 Å². The summed E-state index contributed by atoms with van der Waals surface area (Å²) in [5, 5.41) is 14.7. The quantitative estimate of drug-likeness (QED) is 0.763. The molecule has 2 saturated heterocycles. The first-order chi connectivity index (χ1) is 12.5. The van der Waals surface area contributed by atoms with E-state index in [-0.39, 0.29) is 24.2 Å². The fourth-order valence-electron chi connectivity index (χ4n) is 4.38. The van der Waals surface area contributed by atoms with E-state index in [1.165, 1.54) is 12.8 Å². The van der Waals surface area contributed by atoms with E-state index in [1.54, 1.807) is 0 Å². The van der Waals surface area contributed by atoms with E-state index < -0.39 is 6.10 Å². The van der Waals surface area contributed by atoms with Crippen LogP contribution in [0.3, 0.4) is 0 Å². The molecule has 0 saturated carbocycles. The van der Waals surface area contributed by atoms with Crippen LogP contribution in [0, 0.1) is 17.8 Å². The number of benzene rings is 1. The van der Waals surface area contributed by atoms with E-state index in [0.717, 1.165) is 44.6 Å². The Kier molecular flexibility index (Phi) is 8.87. The van der Waals surface area contributed by atoms with Crippen molar-refractivity contribution in [2.45, 2.75) is 45.1 Å². The monoisotopic (exact) mass is 414 g/mol. The lowest BCUT2D eigenvalue weighted by molar-refractivity contribution is -0.134. The van der Waals surface area contributed by atoms with Crippen molar-refractivity contribution in [1.82, 2.24) is 10.2 Å². The van der Waals surface area contributed by atoms with Gasteiger partial charge in [-0.3, -0.25) is 4.79 Å². The molecule has 3 rings (SSSR count). The highest BCUT2D eigenvalue weighted by molar-refractivity contribution is 6.30. The fourth-order valence-corrected chi connectivity index (χ4v) is 4.51. The molecule has 4 nitrogen and oxygen atoms in total. The Balaban J connectivity index is 0.00000261. The van der Waals surface area contributed by atoms with Crippen LogP contribution >= 0.6 is 24.0 Å². The van der Waals surface area contributed by atoms with Gasteiger partial charge in [0.05, 0.1) is 6.10 Å². The summed E-state index contributed by atoms with van der Waals surface area (Å²) in [6, 6.07) is 7.43. The zero-order valence-corrected chi connectivity index (χ0v) is 17.6. The van der Waals surface area contributed by atoms with Crippen LogP contribution in [0.15, 0.2) is 24.3 Å². The highest BCUT2D eigenvalue weighted by atomic mass is 35.5. The predicted molar refractivity (Wildman–Crippen MR) is 112 cm³/mol. The zero-order valence-electron chi connectivity index (χ0n) is 16.1. The molecule has 1 amide bonds. The topological polar surface area (TPSA) is 52.6 Å². The minimum Gasteiger partial charge on any atom is -0.388 e. The molecule has 6 heteroatoms. The molecule has 0 spiro atoms. The third-order valence-electron chi connectivity index (χ3n) is 6.24. The fraction of sp³-hybridized carbons (Fsp3) is 0.667. The molecule has 2 atom stereocenters. The van der Waals surface area contributed by atoms with Crippen molar-refractivity contribution in [2.24, 2.45) is 17.8 Å². The standard InChI is InChI=1S/C21H31ClN2O2.ClH/c1-15(16-6-10-23-11-7-16)14-20(25)24-12-8-18(9-13-24)21(26)17-2-4-19(22)5-3-17;/h2-5,15-16,18,21,23,26H,6-14H2,1H3;1H. The number of carbonyl (C=O) groups excluding carboxylic acids is 1. The molecule has 2 aliphatic heterocycles. The summed E-state index contributed by atoms with van der Waals surface area (Å²) < 4.78 is 0. The second-order valence-corrected chi connectivity index (χ2v) is 8.42. The summed E-state index contributed by atoms with van der Waals surface area (Å²) in [6.45, 7) is 5.90. The molecule has 2 N–H and O–H groups in total. The average molecular weight is 415 g/mol. The molecular formula is C21H32Cl2N2O2. The lowest BCUT2D eigenvalue weighted by Crippen LogP contribution is -2.41. The van der Waals surface area contributed by atoms with Gasteiger partial charge >= 0.3 is 0 Å². The number of nitrogens with one attached hydrogen (secondary N) is 1. The lowest BCUT2D eigenvalue weighted by Gasteiger charge is -2.36. The number of aliphatic hydroxyl groups is 1. The largest absolute Gasteiger partial charge is 0.388 e. The zero-order chi connectivity index (χ0) is 18.5. The number of rotatable bonds is 5. The molecule has 2 heterocycles. The first-order valence-corrected chi connectivity index (χ1v) is 10.3. The van der Waals surface area contributed by atoms with Gasteiger partial charge in [0.1, 0.15) is 0 Å². The molecule has 1 aromatic carbocycles. The number of aliphatic hydroxyl groups excluding tert-OH is 1. The smallest absolute Gasteiger partial charge is 0.222 e. The van der Waals surface area contributed by atoms with E-state index in [0.29, 0.717) is 23.3 Å². The van der Waals surface area contributed by atoms with Crippen LogP contribution in [0.4, 0.5) is 0 Å². The second-order valence-electron chi connectivity index (χ2n) is 7.98. The summed E-state index contributed by atoms with van der Waals surface area (Å²) >= 11 is 5.92. The van der Waals surface area contributed by atoms with Crippen molar-refractivity contribution in [3.05, 3.63) is 34.9 Å². The first-order valence-electron chi connectivity index (χ1n) is 9.96. The van der Waals surface area contributed by atoms with Crippen molar-refractivity contribution < 1.29 is 9.90 Å². The van der Waals surface area contributed by atoms with Crippen molar-refractivity contribution in [3.63, 3.8) is 0 Å². The minimum absolute atomic E-state index is 0. The van der Waals surface area contributed by atoms with Crippen molar-refractivity contribution in [3.8, 4) is 0 Å². The molecule has 2 unspecified atom stereocenters. The lowest BCUT2D eigenvalue weighted by atomic mass is 9.83. The predicted octanol–water partition coefficient (Wildman–Crippen LogP) is 4.06. The number of amides is 1. The molecule has 2 aliphatic rings. The molecule has 0 aromatic heterocycles. The van der Waals surface area contributed by atoms with Gasteiger partial charge < -0.3 is 15.3 Å². The summed E-state index contributed by atoms with van der Waals surface area (Å²) in [4.78, 5) is 14.7. The minimum atomic E-state index is -0.474. The summed E-state index contributed by atoms with van der Waals surface area (Å²) in [5.41, 5.74) is 0.915. The normalized spacial score (nSPS) is 21.4. The van der Waals surface area contributed by atoms with Gasteiger partial charge in [0, 0.05) is 24.5 Å². The maximum atomic E-state index is 12.7. The van der Waals surface area contributed by atoms with Gasteiger partial charge in [-0.15, -0.1) is 12.4 Å². The number of carbonyl (C=O) groups is 1. The number of hydrogen-bond acceptors (Lipinski definition) is 3. The Morgan fingerprint density at radius 2 is 1.74 bits per heavy atom. The van der Waals surface area contributed by atoms with E-state index in [1.807, 2.05) is 29.2 Å². The number of likely N-dealkylation sites (tertiary alicyclic amines) is 1. The Hall–Kier alpha value is -0.810.